The van der Waals surface area contributed by atoms with Gasteiger partial charge >= 0.3 is 0 Å². The summed E-state index contributed by atoms with van der Waals surface area (Å²) in [5.41, 5.74) is 5.33. The van der Waals surface area contributed by atoms with Crippen LogP contribution < -0.4 is 11.1 Å². The van der Waals surface area contributed by atoms with Crippen molar-refractivity contribution in [3.63, 3.8) is 0 Å². The van der Waals surface area contributed by atoms with Crippen molar-refractivity contribution in [2.45, 2.75) is 13.0 Å². The number of methoxy groups -OCH3 is 1. The van der Waals surface area contributed by atoms with Crippen molar-refractivity contribution in [1.29, 1.82) is 0 Å². The molecule has 0 heterocycles. The Bertz CT molecular complexity index is 462. The molecule has 1 amide bonds. The molecule has 18 heavy (non-hydrogen) atoms. The first-order valence-electron chi connectivity index (χ1n) is 5.29. The number of hydrogen-bond acceptors (Lipinski definition) is 5. The van der Waals surface area contributed by atoms with Crippen molar-refractivity contribution in [3.8, 4) is 0 Å². The lowest BCUT2D eigenvalue weighted by Crippen LogP contribution is -2.21. The Morgan fingerprint density at radius 3 is 2.78 bits per heavy atom. The number of ether oxygens (including phenoxy) is 1. The van der Waals surface area contributed by atoms with E-state index in [1.54, 1.807) is 7.11 Å². The summed E-state index contributed by atoms with van der Waals surface area (Å²) in [6, 6.07) is 3.97. The predicted molar refractivity (Wildman–Crippen MR) is 66.6 cm³/mol. The average molecular weight is 253 g/mol. The molecule has 0 aromatic heterocycles. The number of primary amides is 1. The number of anilines is 1. The maximum absolute atomic E-state index is 11.0. The van der Waals surface area contributed by atoms with Crippen LogP contribution >= 0.6 is 0 Å². The second-order valence-corrected chi connectivity index (χ2v) is 3.85. The molecule has 98 valence electrons. The molecular formula is C11H15N3O4. The third-order valence-corrected chi connectivity index (χ3v) is 2.30. The summed E-state index contributed by atoms with van der Waals surface area (Å²) in [5.74, 6) is -0.699. The Balaban J connectivity index is 3.04. The van der Waals surface area contributed by atoms with Crippen LogP contribution in [0.25, 0.3) is 0 Å². The quantitative estimate of drug-likeness (QED) is 0.583. The number of nitro benzene ring substituents is 1. The van der Waals surface area contributed by atoms with Gasteiger partial charge in [-0.2, -0.15) is 0 Å². The highest BCUT2D eigenvalue weighted by molar-refractivity contribution is 5.94. The van der Waals surface area contributed by atoms with Crippen molar-refractivity contribution in [2.24, 2.45) is 5.73 Å². The lowest BCUT2D eigenvalue weighted by atomic mass is 10.1. The van der Waals surface area contributed by atoms with Gasteiger partial charge in [0.25, 0.3) is 5.69 Å². The maximum Gasteiger partial charge on any atom is 0.293 e. The van der Waals surface area contributed by atoms with Crippen LogP contribution in [-0.4, -0.2) is 30.6 Å². The minimum absolute atomic E-state index is 0.0897. The van der Waals surface area contributed by atoms with Crippen LogP contribution in [0, 0.1) is 10.1 Å². The van der Waals surface area contributed by atoms with Gasteiger partial charge in [0.05, 0.1) is 11.5 Å². The van der Waals surface area contributed by atoms with E-state index >= 15 is 0 Å². The first kappa shape index (κ1) is 13.9. The largest absolute Gasteiger partial charge is 0.383 e. The fourth-order valence-electron chi connectivity index (χ4n) is 1.52. The molecule has 0 aliphatic rings. The molecule has 7 heteroatoms. The Kier molecular flexibility index (Phi) is 4.61. The van der Waals surface area contributed by atoms with Crippen molar-refractivity contribution in [2.75, 3.05) is 19.0 Å². The molecule has 0 fully saturated rings. The number of benzene rings is 1. The lowest BCUT2D eigenvalue weighted by molar-refractivity contribution is -0.384. The van der Waals surface area contributed by atoms with E-state index in [9.17, 15) is 14.9 Å². The van der Waals surface area contributed by atoms with Crippen LogP contribution in [0.5, 0.6) is 0 Å². The molecule has 7 nitrogen and oxygen atoms in total. The van der Waals surface area contributed by atoms with E-state index in [4.69, 9.17) is 10.5 Å². The summed E-state index contributed by atoms with van der Waals surface area (Å²) in [6.45, 7) is 2.24. The smallest absolute Gasteiger partial charge is 0.293 e. The molecule has 1 atom stereocenters. The summed E-state index contributed by atoms with van der Waals surface area (Å²) in [4.78, 5) is 21.3. The minimum atomic E-state index is -0.699. The Hall–Kier alpha value is -2.15. The molecule has 0 saturated carbocycles. The first-order valence-corrected chi connectivity index (χ1v) is 5.29. The molecule has 0 radical (unpaired) electrons. The van der Waals surface area contributed by atoms with Gasteiger partial charge in [-0.05, 0) is 19.1 Å². The number of hydrogen-bond donors (Lipinski definition) is 2. The number of rotatable bonds is 6. The first-order chi connectivity index (χ1) is 8.45. The number of nitro groups is 1. The van der Waals surface area contributed by atoms with E-state index in [0.29, 0.717) is 12.3 Å². The van der Waals surface area contributed by atoms with Crippen LogP contribution in [0.1, 0.15) is 17.3 Å². The zero-order valence-corrected chi connectivity index (χ0v) is 10.2. The molecule has 0 saturated heterocycles. The van der Waals surface area contributed by atoms with E-state index < -0.39 is 10.8 Å². The van der Waals surface area contributed by atoms with Gasteiger partial charge in [0.15, 0.2) is 0 Å². The zero-order chi connectivity index (χ0) is 13.7. The minimum Gasteiger partial charge on any atom is -0.383 e. The third kappa shape index (κ3) is 3.42. The number of carbonyl (C=O) groups excluding carboxylic acids is 1. The molecule has 3 N–H and O–H groups in total. The molecule has 0 unspecified atom stereocenters. The molecule has 0 aliphatic carbocycles. The van der Waals surface area contributed by atoms with Gasteiger partial charge in [0.2, 0.25) is 5.91 Å². The van der Waals surface area contributed by atoms with E-state index in [-0.39, 0.29) is 17.3 Å². The maximum atomic E-state index is 11.0. The summed E-state index contributed by atoms with van der Waals surface area (Å²) in [7, 11) is 1.54. The molecule has 0 aliphatic heterocycles. The molecule has 0 spiro atoms. The van der Waals surface area contributed by atoms with Gasteiger partial charge in [-0.15, -0.1) is 0 Å². The second-order valence-electron chi connectivity index (χ2n) is 3.85. The van der Waals surface area contributed by atoms with Crippen molar-refractivity contribution >= 4 is 17.3 Å². The molecular weight excluding hydrogens is 238 g/mol. The van der Waals surface area contributed by atoms with Crippen LogP contribution in [0.4, 0.5) is 11.4 Å². The number of nitrogens with zero attached hydrogens (tertiary/aromatic N) is 1. The van der Waals surface area contributed by atoms with Gasteiger partial charge in [-0.25, -0.2) is 0 Å². The zero-order valence-electron chi connectivity index (χ0n) is 10.2. The highest BCUT2D eigenvalue weighted by atomic mass is 16.6. The molecule has 1 aromatic rings. The summed E-state index contributed by atoms with van der Waals surface area (Å²) in [6.07, 6.45) is 0. The van der Waals surface area contributed by atoms with Gasteiger partial charge in [0.1, 0.15) is 5.69 Å². The highest BCUT2D eigenvalue weighted by Gasteiger charge is 2.17. The number of carbonyl (C=O) groups is 1. The van der Waals surface area contributed by atoms with Crippen LogP contribution in [0.2, 0.25) is 0 Å². The van der Waals surface area contributed by atoms with Crippen LogP contribution in [-0.2, 0) is 4.74 Å². The van der Waals surface area contributed by atoms with E-state index in [1.807, 2.05) is 6.92 Å². The van der Waals surface area contributed by atoms with Crippen molar-refractivity contribution in [3.05, 3.63) is 33.9 Å². The van der Waals surface area contributed by atoms with Crippen molar-refractivity contribution in [1.82, 2.24) is 0 Å². The fourth-order valence-corrected chi connectivity index (χ4v) is 1.52. The predicted octanol–water partition coefficient (Wildman–Crippen LogP) is 1.14. The van der Waals surface area contributed by atoms with Crippen LogP contribution in [0.3, 0.4) is 0 Å². The summed E-state index contributed by atoms with van der Waals surface area (Å²) in [5, 5.41) is 13.9. The SMILES string of the molecule is COC[C@H](C)Nc1ccc(C(N)=O)cc1[N+](=O)[O-]. The topological polar surface area (TPSA) is 107 Å². The average Bonchev–Trinajstić information content (AvgIpc) is 2.29. The Morgan fingerprint density at radius 2 is 2.28 bits per heavy atom. The van der Waals surface area contributed by atoms with Gasteiger partial charge < -0.3 is 15.8 Å². The number of amides is 1. The molecule has 0 bridgehead atoms. The summed E-state index contributed by atoms with van der Waals surface area (Å²) >= 11 is 0. The Labute approximate surface area is 104 Å². The number of nitrogens with one attached hydrogen (secondary N) is 1. The normalized spacial score (nSPS) is 11.9. The highest BCUT2D eigenvalue weighted by Crippen LogP contribution is 2.26. The number of nitrogens with two attached hydrogens (primary N) is 1. The lowest BCUT2D eigenvalue weighted by Gasteiger charge is -2.14. The van der Waals surface area contributed by atoms with Gasteiger partial charge in [-0.3, -0.25) is 14.9 Å². The second kappa shape index (κ2) is 5.97. The summed E-state index contributed by atoms with van der Waals surface area (Å²) < 4.78 is 4.93. The van der Waals surface area contributed by atoms with E-state index in [2.05, 4.69) is 5.32 Å². The molecule has 1 rings (SSSR count). The van der Waals surface area contributed by atoms with Gasteiger partial charge in [0, 0.05) is 24.8 Å². The van der Waals surface area contributed by atoms with Crippen molar-refractivity contribution < 1.29 is 14.5 Å². The van der Waals surface area contributed by atoms with E-state index in [1.165, 1.54) is 12.1 Å². The fraction of sp³-hybridized carbons (Fsp3) is 0.364. The van der Waals surface area contributed by atoms with Gasteiger partial charge in [-0.1, -0.05) is 0 Å². The molecule has 1 aromatic carbocycles. The third-order valence-electron chi connectivity index (χ3n) is 2.30. The van der Waals surface area contributed by atoms with E-state index in [0.717, 1.165) is 6.07 Å². The van der Waals surface area contributed by atoms with Crippen LogP contribution in [0.15, 0.2) is 18.2 Å². The Morgan fingerprint density at radius 1 is 1.61 bits per heavy atom. The monoisotopic (exact) mass is 253 g/mol. The standard InChI is InChI=1S/C11H15N3O4/c1-7(6-18-2)13-9-4-3-8(11(12)15)5-10(9)14(16)17/h3-5,7,13H,6H2,1-2H3,(H2,12,15)/t7-/m0/s1.